The van der Waals surface area contributed by atoms with Crippen LogP contribution in [0.25, 0.3) is 0 Å². The molecule has 24 heavy (non-hydrogen) atoms. The molecule has 2 saturated heterocycles. The minimum atomic E-state index is -0.378. The highest BCUT2D eigenvalue weighted by atomic mass is 16.7. The average Bonchev–Trinajstić information content (AvgIpc) is 3.18. The van der Waals surface area contributed by atoms with E-state index in [9.17, 15) is 14.4 Å². The molecule has 3 heterocycles. The second-order valence-electron chi connectivity index (χ2n) is 6.16. The molecule has 8 heteroatoms. The number of carbonyl (C=O) groups is 3. The fourth-order valence-corrected chi connectivity index (χ4v) is 3.51. The Hall–Kier alpha value is -2.61. The Morgan fingerprint density at radius 3 is 2.62 bits per heavy atom. The smallest absolute Gasteiger partial charge is 0.292 e. The molecule has 1 N–H and O–H groups in total. The summed E-state index contributed by atoms with van der Waals surface area (Å²) >= 11 is 0. The van der Waals surface area contributed by atoms with Crippen LogP contribution >= 0.6 is 0 Å². The number of benzene rings is 1. The SMILES string of the molecule is O=CN1CC[NH+]([C@H]2CC(=O)N(c3ccc4c(c3)OCO4)C2=O)CC1. The van der Waals surface area contributed by atoms with Gasteiger partial charge in [-0.2, -0.15) is 0 Å². The predicted octanol–water partition coefficient (Wildman–Crippen LogP) is -1.60. The van der Waals surface area contributed by atoms with Crippen molar-refractivity contribution in [1.29, 1.82) is 0 Å². The van der Waals surface area contributed by atoms with Crippen LogP contribution in [0.1, 0.15) is 6.42 Å². The van der Waals surface area contributed by atoms with Crippen LogP contribution in [-0.4, -0.2) is 62.1 Å². The topological polar surface area (TPSA) is 80.6 Å². The van der Waals surface area contributed by atoms with Crippen LogP contribution in [0.3, 0.4) is 0 Å². The minimum absolute atomic E-state index is 0.147. The van der Waals surface area contributed by atoms with Gasteiger partial charge in [-0.25, -0.2) is 4.90 Å². The molecule has 0 aliphatic carbocycles. The van der Waals surface area contributed by atoms with E-state index >= 15 is 0 Å². The van der Waals surface area contributed by atoms with Gasteiger partial charge in [-0.1, -0.05) is 0 Å². The van der Waals surface area contributed by atoms with E-state index < -0.39 is 0 Å². The minimum Gasteiger partial charge on any atom is -0.454 e. The highest BCUT2D eigenvalue weighted by Crippen LogP contribution is 2.36. The van der Waals surface area contributed by atoms with Crippen molar-refractivity contribution in [1.82, 2.24) is 4.90 Å². The molecule has 0 aromatic heterocycles. The molecule has 2 fully saturated rings. The van der Waals surface area contributed by atoms with E-state index in [-0.39, 0.29) is 31.1 Å². The zero-order valence-corrected chi connectivity index (χ0v) is 13.1. The van der Waals surface area contributed by atoms with E-state index in [4.69, 9.17) is 9.47 Å². The van der Waals surface area contributed by atoms with E-state index in [2.05, 4.69) is 0 Å². The Kier molecular flexibility index (Phi) is 3.61. The molecule has 0 bridgehead atoms. The lowest BCUT2D eigenvalue weighted by atomic mass is 10.2. The summed E-state index contributed by atoms with van der Waals surface area (Å²) in [5, 5.41) is 0. The Bertz CT molecular complexity index is 699. The maximum Gasteiger partial charge on any atom is 0.292 e. The molecule has 0 radical (unpaired) electrons. The van der Waals surface area contributed by atoms with Crippen LogP contribution in [-0.2, 0) is 14.4 Å². The third-order valence-corrected chi connectivity index (χ3v) is 4.84. The second kappa shape index (κ2) is 5.79. The lowest BCUT2D eigenvalue weighted by molar-refractivity contribution is -0.918. The highest BCUT2D eigenvalue weighted by molar-refractivity contribution is 6.22. The van der Waals surface area contributed by atoms with Gasteiger partial charge in [0.15, 0.2) is 17.5 Å². The number of amides is 3. The zero-order chi connectivity index (χ0) is 16.7. The zero-order valence-electron chi connectivity index (χ0n) is 13.1. The fourth-order valence-electron chi connectivity index (χ4n) is 3.51. The van der Waals surface area contributed by atoms with Gasteiger partial charge in [0.1, 0.15) is 0 Å². The molecule has 4 rings (SSSR count). The van der Waals surface area contributed by atoms with Crippen molar-refractivity contribution >= 4 is 23.9 Å². The first-order valence-corrected chi connectivity index (χ1v) is 7.98. The van der Waals surface area contributed by atoms with Gasteiger partial charge >= 0.3 is 0 Å². The molecular formula is C16H18N3O5+. The average molecular weight is 332 g/mol. The van der Waals surface area contributed by atoms with E-state index in [0.717, 1.165) is 11.3 Å². The number of rotatable bonds is 3. The van der Waals surface area contributed by atoms with Crippen molar-refractivity contribution in [2.75, 3.05) is 37.9 Å². The van der Waals surface area contributed by atoms with Crippen molar-refractivity contribution in [2.24, 2.45) is 0 Å². The van der Waals surface area contributed by atoms with Gasteiger partial charge in [0.25, 0.3) is 5.91 Å². The van der Waals surface area contributed by atoms with Gasteiger partial charge in [-0.15, -0.1) is 0 Å². The number of hydrogen-bond donors (Lipinski definition) is 1. The Balaban J connectivity index is 1.53. The Morgan fingerprint density at radius 2 is 1.88 bits per heavy atom. The number of quaternary nitrogens is 1. The van der Waals surface area contributed by atoms with Crippen LogP contribution < -0.4 is 19.3 Å². The van der Waals surface area contributed by atoms with Crippen molar-refractivity contribution in [3.8, 4) is 11.5 Å². The largest absolute Gasteiger partial charge is 0.454 e. The monoisotopic (exact) mass is 332 g/mol. The van der Waals surface area contributed by atoms with E-state index in [1.807, 2.05) is 0 Å². The first-order chi connectivity index (χ1) is 11.7. The number of nitrogens with one attached hydrogen (secondary N) is 1. The molecule has 1 atom stereocenters. The first kappa shape index (κ1) is 14.9. The van der Waals surface area contributed by atoms with E-state index in [1.165, 1.54) is 4.90 Å². The molecule has 3 aliphatic heterocycles. The fraction of sp³-hybridized carbons (Fsp3) is 0.438. The van der Waals surface area contributed by atoms with Gasteiger partial charge in [-0.3, -0.25) is 14.4 Å². The number of nitrogens with zero attached hydrogens (tertiary/aromatic N) is 2. The summed E-state index contributed by atoms with van der Waals surface area (Å²) in [4.78, 5) is 40.0. The summed E-state index contributed by atoms with van der Waals surface area (Å²) in [5.41, 5.74) is 0.516. The molecule has 0 saturated carbocycles. The number of carbonyl (C=O) groups excluding carboxylic acids is 3. The summed E-state index contributed by atoms with van der Waals surface area (Å²) in [6, 6.07) is 4.70. The lowest BCUT2D eigenvalue weighted by Crippen LogP contribution is -3.19. The summed E-state index contributed by atoms with van der Waals surface area (Å²) in [5.74, 6) is 0.774. The van der Waals surface area contributed by atoms with Crippen LogP contribution in [0.15, 0.2) is 18.2 Å². The summed E-state index contributed by atoms with van der Waals surface area (Å²) in [7, 11) is 0. The molecule has 1 aromatic rings. The van der Waals surface area contributed by atoms with Crippen molar-refractivity contribution in [2.45, 2.75) is 12.5 Å². The Labute approximate surface area is 138 Å². The Morgan fingerprint density at radius 1 is 1.12 bits per heavy atom. The van der Waals surface area contributed by atoms with Gasteiger partial charge in [0, 0.05) is 6.07 Å². The third kappa shape index (κ3) is 2.39. The third-order valence-electron chi connectivity index (χ3n) is 4.84. The molecule has 8 nitrogen and oxygen atoms in total. The maximum atomic E-state index is 12.8. The molecule has 3 amide bonds. The predicted molar refractivity (Wildman–Crippen MR) is 81.8 cm³/mol. The van der Waals surface area contributed by atoms with Gasteiger partial charge in [0.05, 0.1) is 38.3 Å². The molecule has 0 spiro atoms. The van der Waals surface area contributed by atoms with Gasteiger partial charge < -0.3 is 19.3 Å². The summed E-state index contributed by atoms with van der Waals surface area (Å²) in [6.07, 6.45) is 1.03. The number of hydrogen-bond acceptors (Lipinski definition) is 5. The second-order valence-corrected chi connectivity index (χ2v) is 6.16. The lowest BCUT2D eigenvalue weighted by Gasteiger charge is -2.32. The van der Waals surface area contributed by atoms with Crippen molar-refractivity contribution < 1.29 is 28.8 Å². The number of fused-ring (bicyclic) bond motifs is 1. The van der Waals surface area contributed by atoms with Gasteiger partial charge in [-0.05, 0) is 12.1 Å². The summed E-state index contributed by atoms with van der Waals surface area (Å²) < 4.78 is 10.6. The normalized spacial score (nSPS) is 23.9. The van der Waals surface area contributed by atoms with Crippen molar-refractivity contribution in [3.05, 3.63) is 18.2 Å². The number of anilines is 1. The standard InChI is InChI=1S/C16H17N3O5/c20-9-17-3-5-18(6-4-17)12-8-15(21)19(16(12)22)11-1-2-13-14(7-11)24-10-23-13/h1-2,7,9,12H,3-6,8,10H2/p+1/t12-/m0/s1. The number of imide groups is 1. The van der Waals surface area contributed by atoms with E-state index in [0.29, 0.717) is 43.4 Å². The molecule has 126 valence electrons. The molecule has 0 unspecified atom stereocenters. The van der Waals surface area contributed by atoms with Crippen LogP contribution in [0, 0.1) is 0 Å². The first-order valence-electron chi connectivity index (χ1n) is 7.98. The number of piperazine rings is 1. The van der Waals surface area contributed by atoms with Gasteiger partial charge in [0.2, 0.25) is 19.1 Å². The maximum absolute atomic E-state index is 12.8. The molecular weight excluding hydrogens is 314 g/mol. The molecule has 1 aromatic carbocycles. The van der Waals surface area contributed by atoms with Crippen LogP contribution in [0.5, 0.6) is 11.5 Å². The van der Waals surface area contributed by atoms with Crippen LogP contribution in [0.4, 0.5) is 5.69 Å². The highest BCUT2D eigenvalue weighted by Gasteiger charge is 2.46. The van der Waals surface area contributed by atoms with Crippen molar-refractivity contribution in [3.63, 3.8) is 0 Å². The van der Waals surface area contributed by atoms with Crippen LogP contribution in [0.2, 0.25) is 0 Å². The summed E-state index contributed by atoms with van der Waals surface area (Å²) in [6.45, 7) is 2.73. The number of ether oxygens (including phenoxy) is 2. The molecule has 3 aliphatic rings. The van der Waals surface area contributed by atoms with E-state index in [1.54, 1.807) is 23.1 Å². The quantitative estimate of drug-likeness (QED) is 0.533.